The number of methoxy groups -OCH3 is 1. The first kappa shape index (κ1) is 22.4. The molecule has 0 saturated heterocycles. The zero-order chi connectivity index (χ0) is 24.0. The topological polar surface area (TPSA) is 55.1 Å². The van der Waals surface area contributed by atoms with Gasteiger partial charge in [0.15, 0.2) is 11.5 Å². The number of nitriles is 1. The molecule has 5 rings (SSSR count). The monoisotopic (exact) mass is 474 g/mol. The number of allylic oxidation sites excluding steroid dienone is 1. The summed E-state index contributed by atoms with van der Waals surface area (Å²) in [6.45, 7) is 0.451. The Hall–Kier alpha value is -4.40. The van der Waals surface area contributed by atoms with E-state index in [1.54, 1.807) is 7.11 Å². The minimum absolute atomic E-state index is 0.451. The fraction of sp³-hybridized carbons (Fsp3) is 0.0667. The summed E-state index contributed by atoms with van der Waals surface area (Å²) < 4.78 is 11.5. The molecule has 0 fully saturated rings. The Bertz CT molecular complexity index is 1550. The third-order valence-corrected chi connectivity index (χ3v) is 6.51. The van der Waals surface area contributed by atoms with Gasteiger partial charge in [0, 0.05) is 10.9 Å². The van der Waals surface area contributed by atoms with Crippen molar-refractivity contribution in [2.45, 2.75) is 6.61 Å². The van der Waals surface area contributed by atoms with Crippen molar-refractivity contribution in [3.8, 4) is 28.8 Å². The molecule has 0 aliphatic rings. The van der Waals surface area contributed by atoms with Gasteiger partial charge in [-0.3, -0.25) is 0 Å². The second-order valence-corrected chi connectivity index (χ2v) is 8.81. The molecule has 0 spiro atoms. The lowest BCUT2D eigenvalue weighted by atomic mass is 10.1. The summed E-state index contributed by atoms with van der Waals surface area (Å²) >= 11 is 1.46. The number of fused-ring (bicyclic) bond motifs is 1. The molecule has 0 bridgehead atoms. The number of thiazole rings is 1. The van der Waals surface area contributed by atoms with Crippen LogP contribution in [0.2, 0.25) is 0 Å². The largest absolute Gasteiger partial charge is 0.493 e. The molecule has 35 heavy (non-hydrogen) atoms. The van der Waals surface area contributed by atoms with E-state index < -0.39 is 0 Å². The SMILES string of the molecule is COc1cc(C=C(C#N)c2nc(-c3ccc4ccccc4c3)cs2)ccc1OCc1ccccc1. The van der Waals surface area contributed by atoms with Crippen molar-refractivity contribution in [3.05, 3.63) is 113 Å². The van der Waals surface area contributed by atoms with Crippen LogP contribution < -0.4 is 9.47 Å². The van der Waals surface area contributed by atoms with E-state index in [4.69, 9.17) is 14.5 Å². The molecule has 0 saturated carbocycles. The number of ether oxygens (including phenoxy) is 2. The van der Waals surface area contributed by atoms with Crippen LogP contribution in [0.25, 0.3) is 33.7 Å². The Kier molecular flexibility index (Phi) is 6.56. The summed E-state index contributed by atoms with van der Waals surface area (Å²) in [6, 6.07) is 32.5. The summed E-state index contributed by atoms with van der Waals surface area (Å²) in [5.74, 6) is 1.27. The Morgan fingerprint density at radius 1 is 0.914 bits per heavy atom. The fourth-order valence-corrected chi connectivity index (χ4v) is 4.61. The lowest BCUT2D eigenvalue weighted by molar-refractivity contribution is 0.284. The van der Waals surface area contributed by atoms with Crippen LogP contribution in [0.1, 0.15) is 16.1 Å². The van der Waals surface area contributed by atoms with Crippen LogP contribution in [0.15, 0.2) is 96.4 Å². The average Bonchev–Trinajstić information content (AvgIpc) is 3.41. The average molecular weight is 475 g/mol. The predicted molar refractivity (Wildman–Crippen MR) is 142 cm³/mol. The zero-order valence-corrected chi connectivity index (χ0v) is 20.0. The van der Waals surface area contributed by atoms with Gasteiger partial charge in [-0.1, -0.05) is 72.8 Å². The Morgan fingerprint density at radius 3 is 2.51 bits per heavy atom. The maximum absolute atomic E-state index is 9.85. The number of nitrogens with zero attached hydrogens (tertiary/aromatic N) is 2. The second-order valence-electron chi connectivity index (χ2n) is 7.95. The minimum Gasteiger partial charge on any atom is -0.493 e. The van der Waals surface area contributed by atoms with Gasteiger partial charge >= 0.3 is 0 Å². The highest BCUT2D eigenvalue weighted by Gasteiger charge is 2.11. The van der Waals surface area contributed by atoms with Crippen molar-refractivity contribution >= 4 is 33.8 Å². The van der Waals surface area contributed by atoms with Crippen molar-refractivity contribution in [1.29, 1.82) is 5.26 Å². The van der Waals surface area contributed by atoms with Crippen molar-refractivity contribution in [1.82, 2.24) is 4.98 Å². The van der Waals surface area contributed by atoms with Gasteiger partial charge in [0.05, 0.1) is 18.4 Å². The van der Waals surface area contributed by atoms with Gasteiger partial charge in [-0.2, -0.15) is 5.26 Å². The molecule has 0 atom stereocenters. The molecular formula is C30H22N2O2S. The first-order valence-electron chi connectivity index (χ1n) is 11.1. The molecule has 0 aliphatic carbocycles. The quantitative estimate of drug-likeness (QED) is 0.228. The van der Waals surface area contributed by atoms with Crippen LogP contribution in [0.4, 0.5) is 0 Å². The van der Waals surface area contributed by atoms with Crippen molar-refractivity contribution in [2.75, 3.05) is 7.11 Å². The van der Waals surface area contributed by atoms with E-state index in [1.165, 1.54) is 16.7 Å². The highest BCUT2D eigenvalue weighted by Crippen LogP contribution is 2.32. The van der Waals surface area contributed by atoms with E-state index in [1.807, 2.05) is 72.1 Å². The summed E-state index contributed by atoms with van der Waals surface area (Å²) in [5.41, 5.74) is 4.32. The van der Waals surface area contributed by atoms with Crippen LogP contribution in [-0.4, -0.2) is 12.1 Å². The standard InChI is InChI=1S/C30H22N2O2S/c1-33-29-16-22(11-14-28(29)34-19-21-7-3-2-4-8-21)15-26(18-31)30-32-27(20-35-30)25-13-12-23-9-5-6-10-24(23)17-25/h2-17,20H,19H2,1H3. The van der Waals surface area contributed by atoms with Crippen molar-refractivity contribution in [2.24, 2.45) is 0 Å². The van der Waals surface area contributed by atoms with Crippen molar-refractivity contribution in [3.63, 3.8) is 0 Å². The van der Waals surface area contributed by atoms with Gasteiger partial charge in [0.2, 0.25) is 0 Å². The molecule has 1 heterocycles. The van der Waals surface area contributed by atoms with Crippen LogP contribution in [0, 0.1) is 11.3 Å². The summed E-state index contributed by atoms with van der Waals surface area (Å²) in [5, 5.41) is 14.9. The summed E-state index contributed by atoms with van der Waals surface area (Å²) in [4.78, 5) is 4.75. The predicted octanol–water partition coefficient (Wildman–Crippen LogP) is 7.62. The van der Waals surface area contributed by atoms with Gasteiger partial charge < -0.3 is 9.47 Å². The van der Waals surface area contributed by atoms with E-state index in [-0.39, 0.29) is 0 Å². The Morgan fingerprint density at radius 2 is 1.71 bits per heavy atom. The van der Waals surface area contributed by atoms with E-state index in [2.05, 4.69) is 36.4 Å². The first-order chi connectivity index (χ1) is 17.2. The molecule has 5 heteroatoms. The molecule has 170 valence electrons. The van der Waals surface area contributed by atoms with E-state index in [0.29, 0.717) is 28.7 Å². The molecule has 0 aliphatic heterocycles. The summed E-state index contributed by atoms with van der Waals surface area (Å²) in [6.07, 6.45) is 1.83. The maximum Gasteiger partial charge on any atom is 0.161 e. The molecule has 0 amide bonds. The third kappa shape index (κ3) is 5.08. The van der Waals surface area contributed by atoms with E-state index >= 15 is 0 Å². The highest BCUT2D eigenvalue weighted by molar-refractivity contribution is 7.11. The number of hydrogen-bond donors (Lipinski definition) is 0. The Labute approximate surface area is 208 Å². The molecular weight excluding hydrogens is 452 g/mol. The lowest BCUT2D eigenvalue weighted by Crippen LogP contribution is -1.97. The van der Waals surface area contributed by atoms with E-state index in [9.17, 15) is 5.26 Å². The minimum atomic E-state index is 0.451. The number of rotatable bonds is 7. The van der Waals surface area contributed by atoms with Crippen LogP contribution in [0.5, 0.6) is 11.5 Å². The zero-order valence-electron chi connectivity index (χ0n) is 19.1. The number of aromatic nitrogens is 1. The Balaban J connectivity index is 1.38. The van der Waals surface area contributed by atoms with Crippen LogP contribution in [0.3, 0.4) is 0 Å². The molecule has 0 radical (unpaired) electrons. The van der Waals surface area contributed by atoms with Gasteiger partial charge in [-0.05, 0) is 46.2 Å². The maximum atomic E-state index is 9.85. The summed E-state index contributed by atoms with van der Waals surface area (Å²) in [7, 11) is 1.61. The number of benzene rings is 4. The first-order valence-corrected chi connectivity index (χ1v) is 12.0. The molecule has 1 aromatic heterocycles. The van der Waals surface area contributed by atoms with Crippen LogP contribution in [-0.2, 0) is 6.61 Å². The second kappa shape index (κ2) is 10.3. The van der Waals surface area contributed by atoms with E-state index in [0.717, 1.165) is 27.8 Å². The van der Waals surface area contributed by atoms with Crippen molar-refractivity contribution < 1.29 is 9.47 Å². The fourth-order valence-electron chi connectivity index (χ4n) is 3.82. The normalized spacial score (nSPS) is 11.3. The lowest BCUT2D eigenvalue weighted by Gasteiger charge is -2.11. The molecule has 0 N–H and O–H groups in total. The van der Waals surface area contributed by atoms with Gasteiger partial charge in [0.25, 0.3) is 0 Å². The van der Waals surface area contributed by atoms with Crippen LogP contribution >= 0.6 is 11.3 Å². The molecule has 5 aromatic rings. The number of hydrogen-bond acceptors (Lipinski definition) is 5. The molecule has 0 unspecified atom stereocenters. The highest BCUT2D eigenvalue weighted by atomic mass is 32.1. The third-order valence-electron chi connectivity index (χ3n) is 5.64. The molecule has 4 aromatic carbocycles. The molecule has 4 nitrogen and oxygen atoms in total. The van der Waals surface area contributed by atoms with Gasteiger partial charge in [-0.25, -0.2) is 4.98 Å². The van der Waals surface area contributed by atoms with Gasteiger partial charge in [-0.15, -0.1) is 11.3 Å². The smallest absolute Gasteiger partial charge is 0.161 e. The van der Waals surface area contributed by atoms with Gasteiger partial charge in [0.1, 0.15) is 17.7 Å².